The second kappa shape index (κ2) is 14.0. The standard InChI is InChI=1S/C26H39NO3/c1-3-4-5-6-7-8-9-10-11-12-13-14-15-16-25(28)27-22-17-18-23-21(2)19-26(29)30-24(23)20-22/h17-20H,3-16H2,1-2H3,(H,27,28). The summed E-state index contributed by atoms with van der Waals surface area (Å²) in [6.45, 7) is 4.14. The number of nitrogens with one attached hydrogen (secondary N) is 1. The summed E-state index contributed by atoms with van der Waals surface area (Å²) in [6, 6.07) is 6.95. The number of fused-ring (bicyclic) bond motifs is 1. The fourth-order valence-electron chi connectivity index (χ4n) is 3.93. The zero-order chi connectivity index (χ0) is 21.6. The number of hydrogen-bond donors (Lipinski definition) is 1. The van der Waals surface area contributed by atoms with E-state index in [0.717, 1.165) is 23.8 Å². The van der Waals surface area contributed by atoms with Crippen LogP contribution in [0, 0.1) is 6.92 Å². The van der Waals surface area contributed by atoms with Crippen LogP contribution in [0.3, 0.4) is 0 Å². The lowest BCUT2D eigenvalue weighted by atomic mass is 10.0. The summed E-state index contributed by atoms with van der Waals surface area (Å²) in [4.78, 5) is 23.7. The normalized spacial score (nSPS) is 11.1. The summed E-state index contributed by atoms with van der Waals surface area (Å²) >= 11 is 0. The molecule has 0 radical (unpaired) electrons. The van der Waals surface area contributed by atoms with Crippen molar-refractivity contribution in [3.05, 3.63) is 40.2 Å². The number of carbonyl (C=O) groups excluding carboxylic acids is 1. The van der Waals surface area contributed by atoms with E-state index >= 15 is 0 Å². The Balaban J connectivity index is 1.53. The van der Waals surface area contributed by atoms with Gasteiger partial charge < -0.3 is 9.73 Å². The summed E-state index contributed by atoms with van der Waals surface area (Å²) in [6.07, 6.45) is 17.4. The molecule has 1 amide bonds. The third-order valence-corrected chi connectivity index (χ3v) is 5.74. The van der Waals surface area contributed by atoms with E-state index in [1.54, 1.807) is 6.07 Å². The first-order valence-electron chi connectivity index (χ1n) is 11.9. The van der Waals surface area contributed by atoms with Crippen molar-refractivity contribution in [2.75, 3.05) is 5.32 Å². The lowest BCUT2D eigenvalue weighted by molar-refractivity contribution is -0.116. The van der Waals surface area contributed by atoms with Crippen LogP contribution in [-0.2, 0) is 4.79 Å². The monoisotopic (exact) mass is 413 g/mol. The average molecular weight is 414 g/mol. The van der Waals surface area contributed by atoms with Crippen molar-refractivity contribution >= 4 is 22.6 Å². The first-order valence-corrected chi connectivity index (χ1v) is 11.9. The predicted octanol–water partition coefficient (Wildman–Crippen LogP) is 7.52. The van der Waals surface area contributed by atoms with Gasteiger partial charge in [0.05, 0.1) is 0 Å². The fraction of sp³-hybridized carbons (Fsp3) is 0.615. The molecule has 0 bridgehead atoms. The van der Waals surface area contributed by atoms with Crippen LogP contribution >= 0.6 is 0 Å². The van der Waals surface area contributed by atoms with Gasteiger partial charge in [-0.3, -0.25) is 4.79 Å². The van der Waals surface area contributed by atoms with E-state index in [9.17, 15) is 9.59 Å². The molecule has 0 spiro atoms. The number of carbonyl (C=O) groups is 1. The van der Waals surface area contributed by atoms with Crippen LogP contribution in [0.25, 0.3) is 11.0 Å². The highest BCUT2D eigenvalue weighted by atomic mass is 16.4. The molecular formula is C26H39NO3. The summed E-state index contributed by atoms with van der Waals surface area (Å²) < 4.78 is 5.24. The maximum atomic E-state index is 12.2. The molecule has 0 fully saturated rings. The Labute approximate surface area is 181 Å². The van der Waals surface area contributed by atoms with Crippen molar-refractivity contribution in [3.63, 3.8) is 0 Å². The van der Waals surface area contributed by atoms with Gasteiger partial charge in [0.25, 0.3) is 0 Å². The molecule has 4 nitrogen and oxygen atoms in total. The zero-order valence-corrected chi connectivity index (χ0v) is 18.9. The number of anilines is 1. The molecule has 0 saturated heterocycles. The lowest BCUT2D eigenvalue weighted by Crippen LogP contribution is -2.11. The van der Waals surface area contributed by atoms with Crippen molar-refractivity contribution < 1.29 is 9.21 Å². The minimum atomic E-state index is -0.365. The van der Waals surface area contributed by atoms with Gasteiger partial charge in [0, 0.05) is 29.6 Å². The van der Waals surface area contributed by atoms with Gasteiger partial charge in [-0.25, -0.2) is 4.79 Å². The van der Waals surface area contributed by atoms with Crippen LogP contribution in [0.1, 0.15) is 102 Å². The molecule has 0 saturated carbocycles. The first kappa shape index (κ1) is 24.2. The van der Waals surface area contributed by atoms with Crippen LogP contribution in [0.2, 0.25) is 0 Å². The number of amides is 1. The van der Waals surface area contributed by atoms with Gasteiger partial charge in [-0.05, 0) is 31.0 Å². The van der Waals surface area contributed by atoms with Crippen molar-refractivity contribution in [1.82, 2.24) is 0 Å². The van der Waals surface area contributed by atoms with Crippen molar-refractivity contribution in [3.8, 4) is 0 Å². The van der Waals surface area contributed by atoms with E-state index < -0.39 is 0 Å². The molecule has 1 aromatic heterocycles. The molecule has 0 unspecified atom stereocenters. The van der Waals surface area contributed by atoms with Crippen molar-refractivity contribution in [2.45, 2.75) is 104 Å². The molecule has 1 N–H and O–H groups in total. The summed E-state index contributed by atoms with van der Waals surface area (Å²) in [5.41, 5.74) is 1.70. The quantitative estimate of drug-likeness (QED) is 0.242. The maximum absolute atomic E-state index is 12.2. The number of benzene rings is 1. The van der Waals surface area contributed by atoms with E-state index in [1.165, 1.54) is 76.7 Å². The smallest absolute Gasteiger partial charge is 0.336 e. The Hall–Kier alpha value is -2.10. The number of hydrogen-bond acceptors (Lipinski definition) is 3. The highest BCUT2D eigenvalue weighted by molar-refractivity contribution is 5.93. The highest BCUT2D eigenvalue weighted by Gasteiger charge is 2.06. The Kier molecular flexibility index (Phi) is 11.3. The molecule has 1 heterocycles. The van der Waals surface area contributed by atoms with Crippen LogP contribution in [-0.4, -0.2) is 5.91 Å². The summed E-state index contributed by atoms with van der Waals surface area (Å²) in [5, 5.41) is 3.81. The number of aryl methyl sites for hydroxylation is 1. The summed E-state index contributed by atoms with van der Waals surface area (Å²) in [5.74, 6) is 0.0208. The van der Waals surface area contributed by atoms with E-state index in [4.69, 9.17) is 4.42 Å². The van der Waals surface area contributed by atoms with Gasteiger partial charge in [-0.2, -0.15) is 0 Å². The number of rotatable bonds is 15. The Morgan fingerprint density at radius 3 is 2.00 bits per heavy atom. The average Bonchev–Trinajstić information content (AvgIpc) is 2.71. The van der Waals surface area contributed by atoms with E-state index in [1.807, 2.05) is 19.1 Å². The van der Waals surface area contributed by atoms with Gasteiger partial charge in [0.1, 0.15) is 5.58 Å². The molecule has 0 aliphatic heterocycles. The lowest BCUT2D eigenvalue weighted by Gasteiger charge is -2.07. The van der Waals surface area contributed by atoms with Gasteiger partial charge in [-0.1, -0.05) is 84.0 Å². The van der Waals surface area contributed by atoms with E-state index in [0.29, 0.717) is 17.7 Å². The zero-order valence-electron chi connectivity index (χ0n) is 18.9. The largest absolute Gasteiger partial charge is 0.423 e. The van der Waals surface area contributed by atoms with Gasteiger partial charge >= 0.3 is 5.63 Å². The molecule has 0 atom stereocenters. The molecule has 0 aliphatic rings. The third kappa shape index (κ3) is 9.15. The Bertz CT molecular complexity index is 825. The molecule has 4 heteroatoms. The van der Waals surface area contributed by atoms with Crippen LogP contribution < -0.4 is 10.9 Å². The maximum Gasteiger partial charge on any atom is 0.336 e. The SMILES string of the molecule is CCCCCCCCCCCCCCCC(=O)Nc1ccc2c(C)cc(=O)oc2c1. The molecule has 0 aliphatic carbocycles. The second-order valence-corrected chi connectivity index (χ2v) is 8.50. The van der Waals surface area contributed by atoms with Crippen LogP contribution in [0.15, 0.2) is 33.5 Å². The highest BCUT2D eigenvalue weighted by Crippen LogP contribution is 2.21. The topological polar surface area (TPSA) is 59.3 Å². The molecule has 2 aromatic rings. The van der Waals surface area contributed by atoms with E-state index in [2.05, 4.69) is 12.2 Å². The molecule has 30 heavy (non-hydrogen) atoms. The minimum absolute atomic E-state index is 0.0208. The molecule has 166 valence electrons. The van der Waals surface area contributed by atoms with Gasteiger partial charge in [0.15, 0.2) is 0 Å². The van der Waals surface area contributed by atoms with Gasteiger partial charge in [-0.15, -0.1) is 0 Å². The van der Waals surface area contributed by atoms with Gasteiger partial charge in [0.2, 0.25) is 5.91 Å². The molecular weight excluding hydrogens is 374 g/mol. The van der Waals surface area contributed by atoms with Crippen LogP contribution in [0.4, 0.5) is 5.69 Å². The molecule has 1 aromatic carbocycles. The number of unbranched alkanes of at least 4 members (excludes halogenated alkanes) is 12. The van der Waals surface area contributed by atoms with Crippen molar-refractivity contribution in [1.29, 1.82) is 0 Å². The fourth-order valence-corrected chi connectivity index (χ4v) is 3.93. The molecule has 2 rings (SSSR count). The summed E-state index contributed by atoms with van der Waals surface area (Å²) in [7, 11) is 0. The Morgan fingerprint density at radius 1 is 0.833 bits per heavy atom. The second-order valence-electron chi connectivity index (χ2n) is 8.50. The van der Waals surface area contributed by atoms with Crippen LogP contribution in [0.5, 0.6) is 0 Å². The predicted molar refractivity (Wildman–Crippen MR) is 126 cm³/mol. The minimum Gasteiger partial charge on any atom is -0.423 e. The third-order valence-electron chi connectivity index (χ3n) is 5.74. The van der Waals surface area contributed by atoms with E-state index in [-0.39, 0.29) is 11.5 Å². The Morgan fingerprint density at radius 2 is 1.40 bits per heavy atom. The first-order chi connectivity index (χ1) is 14.6. The van der Waals surface area contributed by atoms with Crippen molar-refractivity contribution in [2.24, 2.45) is 0 Å².